The van der Waals surface area contributed by atoms with E-state index in [4.69, 9.17) is 4.74 Å². The molecule has 0 N–H and O–H groups in total. The number of nitrogens with zero attached hydrogens (tertiary/aromatic N) is 2. The minimum Gasteiger partial charge on any atom is -0.368 e. The predicted octanol–water partition coefficient (Wildman–Crippen LogP) is 1.52. The number of rotatable bonds is 2. The summed E-state index contributed by atoms with van der Waals surface area (Å²) in [4.78, 5) is 30.2. The van der Waals surface area contributed by atoms with E-state index in [1.807, 2.05) is 28.9 Å². The number of ether oxygens (including phenoxy) is 1. The number of hydrogen-bond donors (Lipinski definition) is 0. The molecule has 1 atom stereocenters. The van der Waals surface area contributed by atoms with Crippen molar-refractivity contribution in [3.8, 4) is 0 Å². The third-order valence-corrected chi connectivity index (χ3v) is 5.02. The third kappa shape index (κ3) is 3.11. The van der Waals surface area contributed by atoms with E-state index in [1.165, 1.54) is 11.3 Å². The molecule has 2 amide bonds. The lowest BCUT2D eigenvalue weighted by Gasteiger charge is -2.35. The minimum atomic E-state index is -0.257. The van der Waals surface area contributed by atoms with Gasteiger partial charge in [0.05, 0.1) is 4.88 Å². The predicted molar refractivity (Wildman–Crippen MR) is 80.5 cm³/mol. The maximum atomic E-state index is 12.4. The lowest BCUT2D eigenvalue weighted by atomic mass is 10.2. The molecule has 5 nitrogen and oxygen atoms in total. The lowest BCUT2D eigenvalue weighted by molar-refractivity contribution is -0.142. The SMILES string of the molecule is Cc1ccc(C(=O)N2CCN(C(=O)C3CCCO3)CC2)s1. The Hall–Kier alpha value is -1.40. The van der Waals surface area contributed by atoms with Gasteiger partial charge in [0.25, 0.3) is 11.8 Å². The Kier molecular flexibility index (Phi) is 4.26. The van der Waals surface area contributed by atoms with E-state index in [9.17, 15) is 9.59 Å². The fraction of sp³-hybridized carbons (Fsp3) is 0.600. The fourth-order valence-electron chi connectivity index (χ4n) is 2.81. The molecule has 21 heavy (non-hydrogen) atoms. The van der Waals surface area contributed by atoms with Crippen molar-refractivity contribution in [3.05, 3.63) is 21.9 Å². The average molecular weight is 308 g/mol. The van der Waals surface area contributed by atoms with Gasteiger partial charge < -0.3 is 14.5 Å². The zero-order valence-electron chi connectivity index (χ0n) is 12.2. The van der Waals surface area contributed by atoms with Crippen LogP contribution in [0.5, 0.6) is 0 Å². The van der Waals surface area contributed by atoms with E-state index in [0.717, 1.165) is 22.6 Å². The van der Waals surface area contributed by atoms with Crippen LogP contribution in [0.15, 0.2) is 12.1 Å². The van der Waals surface area contributed by atoms with Crippen molar-refractivity contribution in [1.82, 2.24) is 9.80 Å². The van der Waals surface area contributed by atoms with Crippen LogP contribution in [0.4, 0.5) is 0 Å². The minimum absolute atomic E-state index is 0.0808. The average Bonchev–Trinajstić information content (AvgIpc) is 3.17. The summed E-state index contributed by atoms with van der Waals surface area (Å²) in [6, 6.07) is 3.85. The highest BCUT2D eigenvalue weighted by atomic mass is 32.1. The molecule has 0 aromatic carbocycles. The number of amides is 2. The van der Waals surface area contributed by atoms with Crippen LogP contribution in [0.3, 0.4) is 0 Å². The highest BCUT2D eigenvalue weighted by molar-refractivity contribution is 7.13. The third-order valence-electron chi connectivity index (χ3n) is 4.03. The molecule has 2 saturated heterocycles. The van der Waals surface area contributed by atoms with Crippen LogP contribution in [0.2, 0.25) is 0 Å². The normalized spacial score (nSPS) is 22.6. The monoisotopic (exact) mass is 308 g/mol. The number of carbonyl (C=O) groups excluding carboxylic acids is 2. The summed E-state index contributed by atoms with van der Waals surface area (Å²) >= 11 is 1.53. The van der Waals surface area contributed by atoms with Gasteiger partial charge in [0.15, 0.2) is 0 Å². The molecular formula is C15H20N2O3S. The van der Waals surface area contributed by atoms with E-state index in [0.29, 0.717) is 32.8 Å². The van der Waals surface area contributed by atoms with Crippen molar-refractivity contribution in [2.45, 2.75) is 25.9 Å². The van der Waals surface area contributed by atoms with Gasteiger partial charge in [0.1, 0.15) is 6.10 Å². The number of thiophene rings is 1. The molecule has 2 fully saturated rings. The first kappa shape index (κ1) is 14.5. The van der Waals surface area contributed by atoms with Gasteiger partial charge in [-0.15, -0.1) is 11.3 Å². The van der Waals surface area contributed by atoms with E-state index >= 15 is 0 Å². The van der Waals surface area contributed by atoms with Crippen LogP contribution in [-0.4, -0.2) is 60.5 Å². The molecule has 114 valence electrons. The summed E-state index contributed by atoms with van der Waals surface area (Å²) in [5.74, 6) is 0.170. The van der Waals surface area contributed by atoms with Crippen LogP contribution in [0.25, 0.3) is 0 Å². The van der Waals surface area contributed by atoms with Gasteiger partial charge in [-0.2, -0.15) is 0 Å². The Balaban J connectivity index is 1.55. The molecule has 1 unspecified atom stereocenters. The second kappa shape index (κ2) is 6.15. The second-order valence-corrected chi connectivity index (χ2v) is 6.82. The van der Waals surface area contributed by atoms with Gasteiger partial charge in [-0.05, 0) is 31.9 Å². The Morgan fingerprint density at radius 3 is 2.48 bits per heavy atom. The van der Waals surface area contributed by atoms with Crippen LogP contribution in [-0.2, 0) is 9.53 Å². The Labute approximate surface area is 128 Å². The Bertz CT molecular complexity index is 529. The van der Waals surface area contributed by atoms with Crippen molar-refractivity contribution < 1.29 is 14.3 Å². The Morgan fingerprint density at radius 1 is 1.19 bits per heavy atom. The van der Waals surface area contributed by atoms with Gasteiger partial charge in [0, 0.05) is 37.7 Å². The summed E-state index contributed by atoms with van der Waals surface area (Å²) in [6.07, 6.45) is 1.53. The molecule has 0 radical (unpaired) electrons. The van der Waals surface area contributed by atoms with E-state index in [1.54, 1.807) is 0 Å². The molecule has 2 aliphatic rings. The first-order valence-electron chi connectivity index (χ1n) is 7.41. The zero-order chi connectivity index (χ0) is 14.8. The highest BCUT2D eigenvalue weighted by Gasteiger charge is 2.31. The molecule has 1 aromatic rings. The van der Waals surface area contributed by atoms with Gasteiger partial charge in [-0.25, -0.2) is 0 Å². The first-order valence-corrected chi connectivity index (χ1v) is 8.23. The fourth-order valence-corrected chi connectivity index (χ4v) is 3.65. The maximum Gasteiger partial charge on any atom is 0.264 e. The molecule has 3 rings (SSSR count). The molecular weight excluding hydrogens is 288 g/mol. The summed E-state index contributed by atoms with van der Waals surface area (Å²) in [7, 11) is 0. The number of hydrogen-bond acceptors (Lipinski definition) is 4. The lowest BCUT2D eigenvalue weighted by Crippen LogP contribution is -2.52. The van der Waals surface area contributed by atoms with Crippen LogP contribution in [0.1, 0.15) is 27.4 Å². The smallest absolute Gasteiger partial charge is 0.264 e. The molecule has 0 spiro atoms. The number of piperazine rings is 1. The molecule has 0 bridgehead atoms. The van der Waals surface area contributed by atoms with Crippen molar-refractivity contribution in [2.24, 2.45) is 0 Å². The first-order chi connectivity index (χ1) is 10.1. The molecule has 0 aliphatic carbocycles. The summed E-state index contributed by atoms with van der Waals surface area (Å²) < 4.78 is 5.44. The van der Waals surface area contributed by atoms with E-state index < -0.39 is 0 Å². The number of carbonyl (C=O) groups is 2. The van der Waals surface area contributed by atoms with Crippen LogP contribution < -0.4 is 0 Å². The summed E-state index contributed by atoms with van der Waals surface area (Å²) in [6.45, 7) is 5.11. The van der Waals surface area contributed by atoms with Crippen molar-refractivity contribution >= 4 is 23.2 Å². The zero-order valence-corrected chi connectivity index (χ0v) is 13.0. The van der Waals surface area contributed by atoms with Crippen molar-refractivity contribution in [2.75, 3.05) is 32.8 Å². The van der Waals surface area contributed by atoms with Gasteiger partial charge in [0.2, 0.25) is 0 Å². The standard InChI is InChI=1S/C15H20N2O3S/c1-11-4-5-13(21-11)15(19)17-8-6-16(7-9-17)14(18)12-3-2-10-20-12/h4-5,12H,2-3,6-10H2,1H3. The molecule has 2 aliphatic heterocycles. The summed E-state index contributed by atoms with van der Waals surface area (Å²) in [5, 5.41) is 0. The molecule has 6 heteroatoms. The van der Waals surface area contributed by atoms with Gasteiger partial charge >= 0.3 is 0 Å². The van der Waals surface area contributed by atoms with Crippen molar-refractivity contribution in [3.63, 3.8) is 0 Å². The highest BCUT2D eigenvalue weighted by Crippen LogP contribution is 2.19. The van der Waals surface area contributed by atoms with Gasteiger partial charge in [-0.3, -0.25) is 9.59 Å². The van der Waals surface area contributed by atoms with E-state index in [-0.39, 0.29) is 17.9 Å². The molecule has 1 aromatic heterocycles. The van der Waals surface area contributed by atoms with Crippen molar-refractivity contribution in [1.29, 1.82) is 0 Å². The topological polar surface area (TPSA) is 49.9 Å². The quantitative estimate of drug-likeness (QED) is 0.832. The van der Waals surface area contributed by atoms with E-state index in [2.05, 4.69) is 0 Å². The molecule has 3 heterocycles. The van der Waals surface area contributed by atoms with Gasteiger partial charge in [-0.1, -0.05) is 0 Å². The van der Waals surface area contributed by atoms with Crippen LogP contribution in [0, 0.1) is 6.92 Å². The number of aryl methyl sites for hydroxylation is 1. The second-order valence-electron chi connectivity index (χ2n) is 5.53. The summed E-state index contributed by atoms with van der Waals surface area (Å²) in [5.41, 5.74) is 0. The van der Waals surface area contributed by atoms with Crippen LogP contribution >= 0.6 is 11.3 Å². The molecule has 0 saturated carbocycles. The largest absolute Gasteiger partial charge is 0.368 e. The Morgan fingerprint density at radius 2 is 1.90 bits per heavy atom. The maximum absolute atomic E-state index is 12.4.